The normalized spacial score (nSPS) is 57.7. The van der Waals surface area contributed by atoms with Gasteiger partial charge in [0.25, 0.3) is 0 Å². The van der Waals surface area contributed by atoms with Gasteiger partial charge in [-0.25, -0.2) is 0 Å². The Balaban J connectivity index is 1.65. The van der Waals surface area contributed by atoms with Crippen LogP contribution in [0.5, 0.6) is 0 Å². The molecule has 5 saturated carbocycles. The average Bonchev–Trinajstić information content (AvgIpc) is 3.06. The molecule has 5 fully saturated rings. The number of allylic oxidation sites excluding steroid dienone is 2. The van der Waals surface area contributed by atoms with Crippen molar-refractivity contribution in [2.45, 2.75) is 58.3 Å². The van der Waals surface area contributed by atoms with Gasteiger partial charge in [0.15, 0.2) is 0 Å². The Morgan fingerprint density at radius 1 is 1.14 bits per heavy atom. The van der Waals surface area contributed by atoms with E-state index in [1.807, 2.05) is 0 Å². The van der Waals surface area contributed by atoms with Crippen molar-refractivity contribution < 1.29 is 9.90 Å². The highest BCUT2D eigenvalue weighted by Crippen LogP contribution is 2.75. The van der Waals surface area contributed by atoms with Crippen LogP contribution in [0, 0.1) is 46.3 Å². The van der Waals surface area contributed by atoms with Gasteiger partial charge < -0.3 is 5.11 Å². The highest BCUT2D eigenvalue weighted by molar-refractivity contribution is 5.73. The monoisotopic (exact) mass is 300 g/mol. The Kier molecular flexibility index (Phi) is 2.59. The molecule has 22 heavy (non-hydrogen) atoms. The largest absolute Gasteiger partial charge is 0.481 e. The van der Waals surface area contributed by atoms with E-state index in [2.05, 4.69) is 19.1 Å². The first-order valence-electron chi connectivity index (χ1n) is 9.50. The number of rotatable bonds is 3. The Hall–Kier alpha value is -0.790. The molecule has 0 aromatic carbocycles. The Bertz CT molecular complexity index is 536. The SMILES string of the molecule is CCC1C2CC3CC(C2)CC1(C12C=CC(CC1C(=O)O)C2)C3. The molecular weight excluding hydrogens is 272 g/mol. The summed E-state index contributed by atoms with van der Waals surface area (Å²) in [5.74, 6) is 3.41. The summed E-state index contributed by atoms with van der Waals surface area (Å²) in [6.45, 7) is 2.37. The fraction of sp³-hybridized carbons (Fsp3) is 0.850. The van der Waals surface area contributed by atoms with Crippen molar-refractivity contribution in [3.05, 3.63) is 12.2 Å². The Morgan fingerprint density at radius 2 is 1.86 bits per heavy atom. The molecule has 0 spiro atoms. The molecule has 0 aliphatic heterocycles. The number of carbonyl (C=O) groups is 1. The van der Waals surface area contributed by atoms with Crippen LogP contribution in [0.4, 0.5) is 0 Å². The minimum absolute atomic E-state index is 0.000185. The maximum absolute atomic E-state index is 12.1. The number of carboxylic acids is 1. The van der Waals surface area contributed by atoms with E-state index in [0.29, 0.717) is 11.3 Å². The van der Waals surface area contributed by atoms with Crippen LogP contribution in [0.15, 0.2) is 12.2 Å². The molecule has 6 rings (SSSR count). The lowest BCUT2D eigenvalue weighted by molar-refractivity contribution is -0.184. The average molecular weight is 300 g/mol. The van der Waals surface area contributed by atoms with E-state index in [1.165, 1.54) is 38.5 Å². The second-order valence-electron chi connectivity index (χ2n) is 9.27. The lowest BCUT2D eigenvalue weighted by Crippen LogP contribution is -2.61. The first-order valence-corrected chi connectivity index (χ1v) is 9.50. The summed E-state index contributed by atoms with van der Waals surface area (Å²) in [5.41, 5.74) is 0.321. The summed E-state index contributed by atoms with van der Waals surface area (Å²) in [6, 6.07) is 0. The minimum Gasteiger partial charge on any atom is -0.481 e. The summed E-state index contributed by atoms with van der Waals surface area (Å²) < 4.78 is 0. The van der Waals surface area contributed by atoms with E-state index in [0.717, 1.165) is 36.5 Å². The lowest BCUT2D eigenvalue weighted by atomic mass is 9.37. The van der Waals surface area contributed by atoms with Crippen LogP contribution in [-0.2, 0) is 4.79 Å². The van der Waals surface area contributed by atoms with E-state index in [9.17, 15) is 9.90 Å². The van der Waals surface area contributed by atoms with Gasteiger partial charge in [-0.05, 0) is 80.0 Å². The quantitative estimate of drug-likeness (QED) is 0.779. The highest BCUT2D eigenvalue weighted by atomic mass is 16.4. The number of hydrogen-bond acceptors (Lipinski definition) is 1. The molecule has 6 bridgehead atoms. The molecule has 0 amide bonds. The number of fused-ring (bicyclic) bond motifs is 2. The molecular formula is C20H28O2. The summed E-state index contributed by atoms with van der Waals surface area (Å²) in [5, 5.41) is 9.93. The van der Waals surface area contributed by atoms with Crippen molar-refractivity contribution in [3.8, 4) is 0 Å². The zero-order valence-electron chi connectivity index (χ0n) is 13.6. The topological polar surface area (TPSA) is 37.3 Å². The van der Waals surface area contributed by atoms with Crippen molar-refractivity contribution >= 4 is 5.97 Å². The van der Waals surface area contributed by atoms with Gasteiger partial charge in [-0.2, -0.15) is 0 Å². The van der Waals surface area contributed by atoms with Gasteiger partial charge in [-0.3, -0.25) is 4.79 Å². The van der Waals surface area contributed by atoms with E-state index in [-0.39, 0.29) is 11.3 Å². The predicted octanol–water partition coefficient (Wildman–Crippen LogP) is 4.51. The maximum Gasteiger partial charge on any atom is 0.307 e. The fourth-order valence-corrected chi connectivity index (χ4v) is 8.44. The minimum atomic E-state index is -0.516. The standard InChI is InChI=1S/C20H28O2/c1-2-16-15-6-13-5-14(7-15)11-20(16,10-13)19-4-3-12(9-19)8-17(19)18(21)22/h3-4,12-17H,2,5-11H2,1H3,(H,21,22). The summed E-state index contributed by atoms with van der Waals surface area (Å²) in [6.07, 6.45) is 15.1. The molecule has 6 aliphatic rings. The van der Waals surface area contributed by atoms with Crippen LogP contribution in [0.3, 0.4) is 0 Å². The molecule has 0 aromatic rings. The molecule has 1 N–H and O–H groups in total. The van der Waals surface area contributed by atoms with Crippen molar-refractivity contribution in [1.29, 1.82) is 0 Å². The first kappa shape index (κ1) is 13.6. The predicted molar refractivity (Wildman–Crippen MR) is 85.2 cm³/mol. The van der Waals surface area contributed by atoms with Crippen LogP contribution in [0.25, 0.3) is 0 Å². The molecule has 0 radical (unpaired) electrons. The molecule has 2 nitrogen and oxygen atoms in total. The molecule has 6 aliphatic carbocycles. The van der Waals surface area contributed by atoms with Crippen LogP contribution in [-0.4, -0.2) is 11.1 Å². The van der Waals surface area contributed by atoms with Crippen molar-refractivity contribution in [2.24, 2.45) is 46.3 Å². The van der Waals surface area contributed by atoms with Gasteiger partial charge in [0.1, 0.15) is 0 Å². The van der Waals surface area contributed by atoms with Crippen LogP contribution in [0.2, 0.25) is 0 Å². The fourth-order valence-electron chi connectivity index (χ4n) is 8.44. The zero-order valence-corrected chi connectivity index (χ0v) is 13.6. The second kappa shape index (κ2) is 4.19. The van der Waals surface area contributed by atoms with Crippen molar-refractivity contribution in [3.63, 3.8) is 0 Å². The number of hydrogen-bond donors (Lipinski definition) is 1. The van der Waals surface area contributed by atoms with Crippen molar-refractivity contribution in [2.75, 3.05) is 0 Å². The molecule has 2 heteroatoms. The first-order chi connectivity index (χ1) is 10.6. The van der Waals surface area contributed by atoms with E-state index in [1.54, 1.807) is 0 Å². The van der Waals surface area contributed by atoms with Crippen LogP contribution >= 0.6 is 0 Å². The molecule has 0 saturated heterocycles. The highest BCUT2D eigenvalue weighted by Gasteiger charge is 2.69. The van der Waals surface area contributed by atoms with Gasteiger partial charge in [-0.1, -0.05) is 25.5 Å². The van der Waals surface area contributed by atoms with E-state index >= 15 is 0 Å². The van der Waals surface area contributed by atoms with E-state index < -0.39 is 5.97 Å². The Morgan fingerprint density at radius 3 is 2.45 bits per heavy atom. The maximum atomic E-state index is 12.1. The van der Waals surface area contributed by atoms with Gasteiger partial charge in [0, 0.05) is 5.41 Å². The summed E-state index contributed by atoms with van der Waals surface area (Å²) in [7, 11) is 0. The third-order valence-corrected chi connectivity index (χ3v) is 8.61. The lowest BCUT2D eigenvalue weighted by Gasteiger charge is -2.67. The van der Waals surface area contributed by atoms with E-state index in [4.69, 9.17) is 0 Å². The molecule has 120 valence electrons. The zero-order chi connectivity index (χ0) is 15.1. The molecule has 0 heterocycles. The second-order valence-corrected chi connectivity index (χ2v) is 9.27. The van der Waals surface area contributed by atoms with Gasteiger partial charge in [0.2, 0.25) is 0 Å². The number of aliphatic carboxylic acids is 1. The number of carboxylic acid groups (broad SMARTS) is 1. The van der Waals surface area contributed by atoms with Crippen molar-refractivity contribution in [1.82, 2.24) is 0 Å². The molecule has 0 aromatic heterocycles. The molecule has 6 unspecified atom stereocenters. The van der Waals surface area contributed by atoms with Crippen LogP contribution in [0.1, 0.15) is 58.3 Å². The van der Waals surface area contributed by atoms with Gasteiger partial charge >= 0.3 is 5.97 Å². The third-order valence-electron chi connectivity index (χ3n) is 8.61. The smallest absolute Gasteiger partial charge is 0.307 e. The van der Waals surface area contributed by atoms with Crippen LogP contribution < -0.4 is 0 Å². The van der Waals surface area contributed by atoms with Gasteiger partial charge in [0.05, 0.1) is 5.92 Å². The van der Waals surface area contributed by atoms with Gasteiger partial charge in [-0.15, -0.1) is 0 Å². The summed E-state index contributed by atoms with van der Waals surface area (Å²) >= 11 is 0. The third kappa shape index (κ3) is 1.41. The summed E-state index contributed by atoms with van der Waals surface area (Å²) in [4.78, 5) is 12.1. The Labute approximate surface area is 133 Å². The molecule has 6 atom stereocenters.